The molecule has 0 radical (unpaired) electrons. The molecule has 156 valence electrons. The molecule has 10 heteroatoms. The Bertz CT molecular complexity index is 901. The third-order valence-electron chi connectivity index (χ3n) is 4.04. The van der Waals surface area contributed by atoms with E-state index < -0.39 is 34.4 Å². The number of aliphatic carboxylic acids is 1. The van der Waals surface area contributed by atoms with Crippen molar-refractivity contribution < 1.29 is 24.4 Å². The number of benzene rings is 1. The molecule has 0 bridgehead atoms. The van der Waals surface area contributed by atoms with Gasteiger partial charge in [0, 0.05) is 12.8 Å². The normalized spacial score (nSPS) is 12.3. The van der Waals surface area contributed by atoms with E-state index in [1.807, 2.05) is 30.3 Å². The Kier molecular flexibility index (Phi) is 6.57. The van der Waals surface area contributed by atoms with Gasteiger partial charge in [0.15, 0.2) is 0 Å². The minimum Gasteiger partial charge on any atom is -0.480 e. The van der Waals surface area contributed by atoms with Gasteiger partial charge in [-0.15, -0.1) is 0 Å². The van der Waals surface area contributed by atoms with Crippen LogP contribution < -0.4 is 5.32 Å². The molecule has 0 aliphatic heterocycles. The first-order valence-electron chi connectivity index (χ1n) is 8.93. The molecule has 1 atom stereocenters. The molecular formula is C19H24N4O6. The second-order valence-corrected chi connectivity index (χ2v) is 7.53. The predicted molar refractivity (Wildman–Crippen MR) is 104 cm³/mol. The van der Waals surface area contributed by atoms with E-state index >= 15 is 0 Å². The molecule has 1 amide bonds. The number of carbonyl (C=O) groups is 2. The summed E-state index contributed by atoms with van der Waals surface area (Å²) >= 11 is 0. The summed E-state index contributed by atoms with van der Waals surface area (Å²) in [7, 11) is 1.56. The SMILES string of the molecule is Cn1nc([N+](=O)[O-])c(C[C@H](NC(=O)OC(C)(C)C)C(=O)O)c1Cc1ccccc1. The standard InChI is InChI=1S/C19H24N4O6/c1-19(2,3)29-18(26)20-14(17(24)25)11-13-15(10-12-8-6-5-7-9-12)22(4)21-16(13)23(27)28/h5-9,14H,10-11H2,1-4H3,(H,20,26)(H,24,25)/t14-/m0/s1. The highest BCUT2D eigenvalue weighted by atomic mass is 16.6. The molecule has 0 saturated carbocycles. The minimum atomic E-state index is -1.41. The second-order valence-electron chi connectivity index (χ2n) is 7.53. The largest absolute Gasteiger partial charge is 0.480 e. The van der Waals surface area contributed by atoms with Crippen LogP contribution in [0, 0.1) is 10.1 Å². The number of aryl methyl sites for hydroxylation is 1. The highest BCUT2D eigenvalue weighted by molar-refractivity contribution is 5.80. The van der Waals surface area contributed by atoms with E-state index in [1.165, 1.54) is 4.68 Å². The van der Waals surface area contributed by atoms with E-state index in [9.17, 15) is 24.8 Å². The van der Waals surface area contributed by atoms with Crippen molar-refractivity contribution in [3.8, 4) is 0 Å². The highest BCUT2D eigenvalue weighted by Gasteiger charge is 2.32. The summed E-state index contributed by atoms with van der Waals surface area (Å²) in [6.45, 7) is 4.94. The van der Waals surface area contributed by atoms with Crippen LogP contribution in [0.1, 0.15) is 37.6 Å². The predicted octanol–water partition coefficient (Wildman–Crippen LogP) is 2.44. The monoisotopic (exact) mass is 404 g/mol. The summed E-state index contributed by atoms with van der Waals surface area (Å²) in [6.07, 6.45) is -0.895. The zero-order valence-corrected chi connectivity index (χ0v) is 16.7. The molecule has 0 saturated heterocycles. The number of hydrogen-bond donors (Lipinski definition) is 2. The van der Waals surface area contributed by atoms with Crippen LogP contribution in [0.15, 0.2) is 30.3 Å². The maximum atomic E-state index is 12.0. The van der Waals surface area contributed by atoms with Gasteiger partial charge in [-0.3, -0.25) is 0 Å². The molecular weight excluding hydrogens is 380 g/mol. The van der Waals surface area contributed by atoms with Crippen LogP contribution in [0.4, 0.5) is 10.6 Å². The van der Waals surface area contributed by atoms with Crippen LogP contribution in [0.3, 0.4) is 0 Å². The Labute approximate surface area is 167 Å². The summed E-state index contributed by atoms with van der Waals surface area (Å²) in [6, 6.07) is 7.82. The molecule has 0 fully saturated rings. The van der Waals surface area contributed by atoms with Gasteiger partial charge in [0.05, 0.1) is 23.4 Å². The fourth-order valence-corrected chi connectivity index (χ4v) is 2.81. The molecule has 29 heavy (non-hydrogen) atoms. The summed E-state index contributed by atoms with van der Waals surface area (Å²) in [5.41, 5.74) is 0.731. The minimum absolute atomic E-state index is 0.157. The number of rotatable bonds is 7. The number of carboxylic acids is 1. The van der Waals surface area contributed by atoms with Crippen molar-refractivity contribution in [2.45, 2.75) is 45.3 Å². The molecule has 2 rings (SSSR count). The maximum Gasteiger partial charge on any atom is 0.408 e. The van der Waals surface area contributed by atoms with Gasteiger partial charge in [0.25, 0.3) is 0 Å². The zero-order valence-electron chi connectivity index (χ0n) is 16.7. The Morgan fingerprint density at radius 3 is 2.45 bits per heavy atom. The van der Waals surface area contributed by atoms with Gasteiger partial charge in [-0.2, -0.15) is 4.68 Å². The van der Waals surface area contributed by atoms with Crippen LogP contribution >= 0.6 is 0 Å². The highest BCUT2D eigenvalue weighted by Crippen LogP contribution is 2.25. The molecule has 0 unspecified atom stereocenters. The second kappa shape index (κ2) is 8.72. The molecule has 0 spiro atoms. The van der Waals surface area contributed by atoms with Crippen LogP contribution in [0.5, 0.6) is 0 Å². The third-order valence-corrected chi connectivity index (χ3v) is 4.04. The average Bonchev–Trinajstić information content (AvgIpc) is 2.90. The van der Waals surface area contributed by atoms with Gasteiger partial charge in [-0.05, 0) is 31.3 Å². The Hall–Kier alpha value is -3.43. The average molecular weight is 404 g/mol. The number of nitrogens with zero attached hydrogens (tertiary/aromatic N) is 3. The number of alkyl carbamates (subject to hydrolysis) is 1. The lowest BCUT2D eigenvalue weighted by molar-refractivity contribution is -0.390. The van der Waals surface area contributed by atoms with Crippen molar-refractivity contribution in [1.29, 1.82) is 0 Å². The summed E-state index contributed by atoms with van der Waals surface area (Å²) in [4.78, 5) is 34.5. The van der Waals surface area contributed by atoms with Crippen molar-refractivity contribution in [2.75, 3.05) is 0 Å². The first-order chi connectivity index (χ1) is 13.5. The van der Waals surface area contributed by atoms with Gasteiger partial charge < -0.3 is 25.3 Å². The van der Waals surface area contributed by atoms with Crippen LogP contribution in [-0.4, -0.2) is 43.5 Å². The number of hydrogen-bond acceptors (Lipinski definition) is 6. The van der Waals surface area contributed by atoms with E-state index in [0.717, 1.165) is 5.56 Å². The molecule has 10 nitrogen and oxygen atoms in total. The number of nitro groups is 1. The smallest absolute Gasteiger partial charge is 0.408 e. The van der Waals surface area contributed by atoms with Crippen molar-refractivity contribution in [1.82, 2.24) is 15.1 Å². The molecule has 1 aromatic heterocycles. The Balaban J connectivity index is 2.35. The van der Waals surface area contributed by atoms with Gasteiger partial charge in [0.2, 0.25) is 0 Å². The van der Waals surface area contributed by atoms with E-state index in [2.05, 4.69) is 10.4 Å². The van der Waals surface area contributed by atoms with Crippen molar-refractivity contribution in [3.63, 3.8) is 0 Å². The summed E-state index contributed by atoms with van der Waals surface area (Å²) in [5, 5.41) is 27.2. The summed E-state index contributed by atoms with van der Waals surface area (Å²) in [5.74, 6) is -1.77. The quantitative estimate of drug-likeness (QED) is 0.534. The fourth-order valence-electron chi connectivity index (χ4n) is 2.81. The third kappa shape index (κ3) is 6.03. The van der Waals surface area contributed by atoms with Crippen molar-refractivity contribution in [3.05, 3.63) is 57.3 Å². The van der Waals surface area contributed by atoms with Crippen molar-refractivity contribution in [2.24, 2.45) is 7.05 Å². The fraction of sp³-hybridized carbons (Fsp3) is 0.421. The van der Waals surface area contributed by atoms with Gasteiger partial charge in [0.1, 0.15) is 11.6 Å². The molecule has 0 aliphatic rings. The van der Waals surface area contributed by atoms with E-state index in [0.29, 0.717) is 12.1 Å². The van der Waals surface area contributed by atoms with E-state index in [-0.39, 0.29) is 12.0 Å². The van der Waals surface area contributed by atoms with E-state index in [1.54, 1.807) is 27.8 Å². The number of aromatic nitrogens is 2. The van der Waals surface area contributed by atoms with Gasteiger partial charge in [-0.25, -0.2) is 9.59 Å². The van der Waals surface area contributed by atoms with Crippen molar-refractivity contribution >= 4 is 17.9 Å². The molecule has 1 aromatic carbocycles. The molecule has 2 N–H and O–H groups in total. The number of carbonyl (C=O) groups excluding carboxylic acids is 1. The first kappa shape index (κ1) is 21.9. The number of carboxylic acid groups (broad SMARTS) is 1. The summed E-state index contributed by atoms with van der Waals surface area (Å²) < 4.78 is 6.46. The van der Waals surface area contributed by atoms with E-state index in [4.69, 9.17) is 4.74 Å². The number of amides is 1. The lowest BCUT2D eigenvalue weighted by Gasteiger charge is -2.22. The lowest BCUT2D eigenvalue weighted by atomic mass is 10.0. The number of nitrogens with one attached hydrogen (secondary N) is 1. The van der Waals surface area contributed by atoms with Crippen LogP contribution in [0.25, 0.3) is 0 Å². The van der Waals surface area contributed by atoms with Gasteiger partial charge >= 0.3 is 17.9 Å². The van der Waals surface area contributed by atoms with Gasteiger partial charge in [-0.1, -0.05) is 30.3 Å². The lowest BCUT2D eigenvalue weighted by Crippen LogP contribution is -2.44. The van der Waals surface area contributed by atoms with Crippen LogP contribution in [0.2, 0.25) is 0 Å². The first-order valence-corrected chi connectivity index (χ1v) is 8.93. The zero-order chi connectivity index (χ0) is 21.8. The maximum absolute atomic E-state index is 12.0. The van der Waals surface area contributed by atoms with Crippen LogP contribution in [-0.2, 0) is 29.4 Å². The topological polar surface area (TPSA) is 137 Å². The molecule has 2 aromatic rings. The molecule has 0 aliphatic carbocycles. The Morgan fingerprint density at radius 1 is 1.31 bits per heavy atom. The number of ether oxygens (including phenoxy) is 1. The molecule has 1 heterocycles. The Morgan fingerprint density at radius 2 is 1.93 bits per heavy atom.